The van der Waals surface area contributed by atoms with Gasteiger partial charge in [0, 0.05) is 55.4 Å². The Kier molecular flexibility index (Phi) is 7.80. The fraction of sp³-hybridized carbons (Fsp3) is 0.344. The van der Waals surface area contributed by atoms with Gasteiger partial charge in [0.15, 0.2) is 0 Å². The SMILES string of the molecule is O=[N+]([O-])c1cn2c(n1)OC(COc1ccc(N3CC4CC3CN4Cc3ccc(Oc4ccc(OC(F)(F)F)cc4)cc3)cc1)CC2. The van der Waals surface area contributed by atoms with E-state index >= 15 is 0 Å². The van der Waals surface area contributed by atoms with E-state index in [2.05, 4.69) is 31.7 Å². The number of likely N-dealkylation sites (tertiary alicyclic amines) is 1. The molecule has 0 saturated carbocycles. The van der Waals surface area contributed by atoms with Crippen molar-refractivity contribution in [2.24, 2.45) is 0 Å². The second-order valence-corrected chi connectivity index (χ2v) is 11.6. The number of halogens is 3. The molecule has 11 nitrogen and oxygen atoms in total. The van der Waals surface area contributed by atoms with E-state index in [1.165, 1.54) is 30.5 Å². The summed E-state index contributed by atoms with van der Waals surface area (Å²) in [6.45, 7) is 3.63. The van der Waals surface area contributed by atoms with Crippen molar-refractivity contribution in [3.05, 3.63) is 94.7 Å². The van der Waals surface area contributed by atoms with Gasteiger partial charge in [-0.15, -0.1) is 13.2 Å². The topological polar surface area (TPSA) is 104 Å². The van der Waals surface area contributed by atoms with E-state index in [1.807, 2.05) is 36.4 Å². The number of ether oxygens (including phenoxy) is 4. The predicted molar refractivity (Wildman–Crippen MR) is 159 cm³/mol. The van der Waals surface area contributed by atoms with Crippen molar-refractivity contribution < 1.29 is 37.0 Å². The fourth-order valence-electron chi connectivity index (χ4n) is 6.26. The van der Waals surface area contributed by atoms with E-state index in [4.69, 9.17) is 14.2 Å². The molecule has 3 aliphatic heterocycles. The standard InChI is InChI=1S/C32H30F3N5O6/c33-32(34,35)46-28-11-9-27(10-12-28)44-26-5-1-21(2-6-26)16-38-17-24-15-23(38)18-39(24)22-3-7-25(8-4-22)43-20-29-13-14-37-19-30(40(41)42)36-31(37)45-29/h1-12,19,23-24,29H,13-18,20H2. The van der Waals surface area contributed by atoms with E-state index in [1.54, 1.807) is 4.57 Å². The van der Waals surface area contributed by atoms with Gasteiger partial charge in [0.2, 0.25) is 0 Å². The van der Waals surface area contributed by atoms with Crippen LogP contribution in [0.3, 0.4) is 0 Å². The maximum absolute atomic E-state index is 12.4. The molecule has 2 saturated heterocycles. The van der Waals surface area contributed by atoms with Gasteiger partial charge in [0.05, 0.1) is 0 Å². The first kappa shape index (κ1) is 29.7. The molecule has 240 valence electrons. The molecule has 0 aliphatic carbocycles. The van der Waals surface area contributed by atoms with E-state index in [0.717, 1.165) is 43.1 Å². The van der Waals surface area contributed by atoms with Crippen LogP contribution in [0.25, 0.3) is 0 Å². The molecule has 7 rings (SSSR count). The monoisotopic (exact) mass is 637 g/mol. The summed E-state index contributed by atoms with van der Waals surface area (Å²) in [5.74, 6) is 1.23. The Morgan fingerprint density at radius 2 is 1.59 bits per heavy atom. The second-order valence-electron chi connectivity index (χ2n) is 11.6. The Labute approximate surface area is 261 Å². The molecule has 4 heterocycles. The van der Waals surface area contributed by atoms with Gasteiger partial charge < -0.3 is 34.0 Å². The second kappa shape index (κ2) is 12.1. The number of aryl methyl sites for hydroxylation is 1. The number of hydrogen-bond acceptors (Lipinski definition) is 9. The van der Waals surface area contributed by atoms with E-state index in [-0.39, 0.29) is 23.7 Å². The first-order valence-corrected chi connectivity index (χ1v) is 14.9. The lowest BCUT2D eigenvalue weighted by Gasteiger charge is -2.35. The molecule has 0 N–H and O–H groups in total. The first-order valence-electron chi connectivity index (χ1n) is 14.9. The summed E-state index contributed by atoms with van der Waals surface area (Å²) in [5, 5.41) is 11.0. The molecule has 2 fully saturated rings. The molecule has 3 aliphatic rings. The van der Waals surface area contributed by atoms with Gasteiger partial charge in [-0.05, 0) is 77.6 Å². The third-order valence-electron chi connectivity index (χ3n) is 8.44. The highest BCUT2D eigenvalue weighted by Gasteiger charge is 2.43. The quantitative estimate of drug-likeness (QED) is 0.149. The van der Waals surface area contributed by atoms with Crippen molar-refractivity contribution in [2.75, 3.05) is 24.6 Å². The molecule has 0 spiro atoms. The lowest BCUT2D eigenvalue weighted by molar-refractivity contribution is -0.389. The average molecular weight is 638 g/mol. The van der Waals surface area contributed by atoms with Crippen molar-refractivity contribution >= 4 is 11.5 Å². The largest absolute Gasteiger partial charge is 0.573 e. The lowest BCUT2D eigenvalue weighted by atomic mass is 10.1. The highest BCUT2D eigenvalue weighted by atomic mass is 19.4. The van der Waals surface area contributed by atoms with Crippen LogP contribution in [0, 0.1) is 10.1 Å². The maximum Gasteiger partial charge on any atom is 0.573 e. The number of benzene rings is 3. The van der Waals surface area contributed by atoms with Crippen LogP contribution in [0.5, 0.6) is 29.0 Å². The number of piperazine rings is 1. The molecule has 3 unspecified atom stereocenters. The molecular formula is C32H30F3N5O6. The Morgan fingerprint density at radius 3 is 2.24 bits per heavy atom. The summed E-state index contributed by atoms with van der Waals surface area (Å²) in [6, 6.07) is 22.2. The van der Waals surface area contributed by atoms with Crippen molar-refractivity contribution in [3.63, 3.8) is 0 Å². The number of rotatable bonds is 10. The minimum absolute atomic E-state index is 0.221. The molecule has 46 heavy (non-hydrogen) atoms. The van der Waals surface area contributed by atoms with Crippen molar-refractivity contribution in [2.45, 2.75) is 50.5 Å². The zero-order valence-corrected chi connectivity index (χ0v) is 24.5. The summed E-state index contributed by atoms with van der Waals surface area (Å²) in [5.41, 5.74) is 2.31. The Balaban J connectivity index is 0.869. The minimum Gasteiger partial charge on any atom is -0.490 e. The Morgan fingerprint density at radius 1 is 0.913 bits per heavy atom. The summed E-state index contributed by atoms with van der Waals surface area (Å²) in [6.07, 6.45) is -1.81. The smallest absolute Gasteiger partial charge is 0.490 e. The predicted octanol–water partition coefficient (Wildman–Crippen LogP) is 6.18. The molecular weight excluding hydrogens is 607 g/mol. The Hall–Kier alpha value is -4.98. The van der Waals surface area contributed by atoms with Crippen molar-refractivity contribution in [3.8, 4) is 29.0 Å². The van der Waals surface area contributed by atoms with E-state index in [9.17, 15) is 23.3 Å². The van der Waals surface area contributed by atoms with Gasteiger partial charge in [0.1, 0.15) is 41.9 Å². The summed E-state index contributed by atoms with van der Waals surface area (Å²) >= 11 is 0. The van der Waals surface area contributed by atoms with E-state index in [0.29, 0.717) is 43.2 Å². The number of nitrogens with zero attached hydrogens (tertiary/aromatic N) is 5. The van der Waals surface area contributed by atoms with Crippen LogP contribution in [0.15, 0.2) is 79.0 Å². The van der Waals surface area contributed by atoms with E-state index < -0.39 is 11.3 Å². The van der Waals surface area contributed by atoms with Gasteiger partial charge >= 0.3 is 18.2 Å². The number of imidazole rings is 1. The van der Waals surface area contributed by atoms with Crippen LogP contribution in [0.2, 0.25) is 0 Å². The van der Waals surface area contributed by atoms with Gasteiger partial charge in [0.25, 0.3) is 0 Å². The van der Waals surface area contributed by atoms with Crippen molar-refractivity contribution in [1.82, 2.24) is 14.5 Å². The summed E-state index contributed by atoms with van der Waals surface area (Å²) in [4.78, 5) is 19.3. The van der Waals surface area contributed by atoms with Crippen LogP contribution in [-0.4, -0.2) is 63.6 Å². The van der Waals surface area contributed by atoms with Crippen LogP contribution < -0.4 is 23.8 Å². The molecule has 0 radical (unpaired) electrons. The third-order valence-corrected chi connectivity index (χ3v) is 8.44. The number of hydrogen-bond donors (Lipinski definition) is 0. The highest BCUT2D eigenvalue weighted by molar-refractivity contribution is 5.52. The number of alkyl halides is 3. The highest BCUT2D eigenvalue weighted by Crippen LogP contribution is 2.36. The van der Waals surface area contributed by atoms with Crippen molar-refractivity contribution in [1.29, 1.82) is 0 Å². The fourth-order valence-corrected chi connectivity index (χ4v) is 6.26. The molecule has 2 bridgehead atoms. The molecule has 1 aromatic heterocycles. The average Bonchev–Trinajstić information content (AvgIpc) is 3.76. The zero-order valence-electron chi connectivity index (χ0n) is 24.5. The van der Waals surface area contributed by atoms with Gasteiger partial charge in [-0.1, -0.05) is 12.1 Å². The normalized spacial score (nSPS) is 20.7. The molecule has 0 amide bonds. The molecule has 3 atom stereocenters. The summed E-state index contributed by atoms with van der Waals surface area (Å²) < 4.78 is 60.2. The minimum atomic E-state index is -4.73. The maximum atomic E-state index is 12.4. The molecule has 4 aromatic rings. The Bertz CT molecular complexity index is 1680. The first-order chi connectivity index (χ1) is 22.1. The van der Waals surface area contributed by atoms with Crippen LogP contribution in [0.4, 0.5) is 24.7 Å². The number of aromatic nitrogens is 2. The zero-order chi connectivity index (χ0) is 31.8. The number of nitro groups is 1. The van der Waals surface area contributed by atoms with Crippen LogP contribution in [0.1, 0.15) is 18.4 Å². The number of anilines is 1. The third kappa shape index (κ3) is 6.66. The number of fused-ring (bicyclic) bond motifs is 3. The lowest BCUT2D eigenvalue weighted by Crippen LogP contribution is -2.46. The van der Waals surface area contributed by atoms with Crippen LogP contribution >= 0.6 is 0 Å². The summed E-state index contributed by atoms with van der Waals surface area (Å²) in [7, 11) is 0. The molecule has 3 aromatic carbocycles. The van der Waals surface area contributed by atoms with Gasteiger partial charge in [-0.2, -0.15) is 0 Å². The molecule has 14 heteroatoms. The van der Waals surface area contributed by atoms with Gasteiger partial charge in [-0.3, -0.25) is 9.47 Å². The van der Waals surface area contributed by atoms with Crippen LogP contribution in [-0.2, 0) is 13.1 Å². The van der Waals surface area contributed by atoms with Gasteiger partial charge in [-0.25, -0.2) is 0 Å².